The van der Waals surface area contributed by atoms with Gasteiger partial charge in [0.25, 0.3) is 0 Å². The van der Waals surface area contributed by atoms with E-state index in [2.05, 4.69) is 5.32 Å². The van der Waals surface area contributed by atoms with Gasteiger partial charge in [-0.3, -0.25) is 14.1 Å². The molecule has 1 aromatic rings. The number of nitrogens with one attached hydrogen (secondary N) is 2. The van der Waals surface area contributed by atoms with E-state index in [4.69, 9.17) is 9.29 Å². The Morgan fingerprint density at radius 3 is 2.48 bits per heavy atom. The van der Waals surface area contributed by atoms with Crippen LogP contribution in [0, 0.1) is 5.92 Å². The number of amides is 3. The molecule has 1 heterocycles. The zero-order valence-electron chi connectivity index (χ0n) is 16.8. The molecule has 162 valence electrons. The summed E-state index contributed by atoms with van der Waals surface area (Å²) in [5, 5.41) is 5.45. The van der Waals surface area contributed by atoms with Crippen molar-refractivity contribution >= 4 is 27.9 Å². The highest BCUT2D eigenvalue weighted by Gasteiger charge is 2.32. The molecule has 1 aromatic carbocycles. The molecule has 0 aliphatic carbocycles. The summed E-state index contributed by atoms with van der Waals surface area (Å²) in [5.74, 6) is -0.654. The first-order valence-corrected chi connectivity index (χ1v) is 10.8. The van der Waals surface area contributed by atoms with Gasteiger partial charge in [-0.15, -0.1) is 0 Å². The van der Waals surface area contributed by atoms with Crippen molar-refractivity contribution in [3.8, 4) is 5.75 Å². The lowest BCUT2D eigenvalue weighted by Gasteiger charge is -2.36. The van der Waals surface area contributed by atoms with Gasteiger partial charge in [0.15, 0.2) is 0 Å². The predicted octanol–water partition coefficient (Wildman–Crippen LogP) is 1.66. The fraction of sp³-hybridized carbons (Fsp3) is 0.556. The predicted molar refractivity (Wildman–Crippen MR) is 108 cm³/mol. The molecule has 2 rings (SSSR count). The third kappa shape index (κ3) is 6.31. The van der Waals surface area contributed by atoms with Crippen LogP contribution in [0.15, 0.2) is 18.2 Å². The molecule has 3 N–H and O–H groups in total. The molecule has 1 fully saturated rings. The Balaban J connectivity index is 2.20. The van der Waals surface area contributed by atoms with Gasteiger partial charge in [-0.25, -0.2) is 9.80 Å². The van der Waals surface area contributed by atoms with Crippen molar-refractivity contribution < 1.29 is 27.3 Å². The van der Waals surface area contributed by atoms with Crippen LogP contribution in [0.3, 0.4) is 0 Å². The van der Waals surface area contributed by atoms with E-state index in [0.717, 1.165) is 19.3 Å². The minimum Gasteiger partial charge on any atom is -0.495 e. The third-order valence-electron chi connectivity index (χ3n) is 4.70. The molecule has 1 aliphatic rings. The van der Waals surface area contributed by atoms with E-state index in [1.54, 1.807) is 24.1 Å². The Bertz CT molecular complexity index is 839. The highest BCUT2D eigenvalue weighted by Crippen LogP contribution is 2.28. The van der Waals surface area contributed by atoms with Crippen molar-refractivity contribution in [2.24, 2.45) is 5.92 Å². The number of carbonyl (C=O) groups excluding carboxylic acids is 2. The minimum atomic E-state index is -4.48. The molecule has 0 radical (unpaired) electrons. The molecule has 1 aliphatic heterocycles. The van der Waals surface area contributed by atoms with Crippen molar-refractivity contribution in [3.63, 3.8) is 0 Å². The van der Waals surface area contributed by atoms with E-state index in [9.17, 15) is 18.0 Å². The Morgan fingerprint density at radius 1 is 1.28 bits per heavy atom. The van der Waals surface area contributed by atoms with Gasteiger partial charge in [-0.05, 0) is 37.0 Å². The standard InChI is InChI=1S/C18H28N4O6S/c1-13(17(23)22(18(24)19-2)21-9-5-4-6-10-21)11-14-7-8-16(28-3)15(12-14)20-29(25,26)27/h7-8,12-13,20H,4-6,9-11H2,1-3H3,(H,19,24)(H,25,26,27). The minimum absolute atomic E-state index is 0.0614. The van der Waals surface area contributed by atoms with Gasteiger partial charge in [0.05, 0.1) is 12.8 Å². The fourth-order valence-electron chi connectivity index (χ4n) is 3.30. The fourth-order valence-corrected chi connectivity index (χ4v) is 3.74. The highest BCUT2D eigenvalue weighted by molar-refractivity contribution is 7.87. The van der Waals surface area contributed by atoms with E-state index in [-0.39, 0.29) is 23.8 Å². The van der Waals surface area contributed by atoms with Crippen molar-refractivity contribution in [2.75, 3.05) is 32.0 Å². The summed E-state index contributed by atoms with van der Waals surface area (Å²) in [6.07, 6.45) is 3.16. The number of hydrogen-bond acceptors (Lipinski definition) is 6. The lowest BCUT2D eigenvalue weighted by molar-refractivity contribution is -0.146. The number of nitrogens with zero attached hydrogens (tertiary/aromatic N) is 2. The molecule has 10 nitrogen and oxygen atoms in total. The first-order valence-electron chi connectivity index (χ1n) is 9.39. The lowest BCUT2D eigenvalue weighted by Crippen LogP contribution is -2.56. The van der Waals surface area contributed by atoms with Gasteiger partial charge in [-0.2, -0.15) is 13.4 Å². The average Bonchev–Trinajstić information content (AvgIpc) is 2.67. The largest absolute Gasteiger partial charge is 0.495 e. The molecular weight excluding hydrogens is 400 g/mol. The number of hydrazine groups is 1. The third-order valence-corrected chi connectivity index (χ3v) is 5.17. The number of benzene rings is 1. The molecule has 1 unspecified atom stereocenters. The van der Waals surface area contributed by atoms with E-state index in [1.807, 2.05) is 4.72 Å². The van der Waals surface area contributed by atoms with Crippen LogP contribution in [0.2, 0.25) is 0 Å². The SMILES string of the molecule is CNC(=O)N(C(=O)C(C)Cc1ccc(OC)c(NS(=O)(=O)O)c1)N1CCCCC1. The Morgan fingerprint density at radius 2 is 1.93 bits per heavy atom. The average molecular weight is 429 g/mol. The Hall–Kier alpha value is -2.37. The summed E-state index contributed by atoms with van der Waals surface area (Å²) >= 11 is 0. The van der Waals surface area contributed by atoms with Crippen LogP contribution >= 0.6 is 0 Å². The van der Waals surface area contributed by atoms with Crippen molar-refractivity contribution in [2.45, 2.75) is 32.6 Å². The number of urea groups is 1. The summed E-state index contributed by atoms with van der Waals surface area (Å²) < 4.78 is 38.4. The van der Waals surface area contributed by atoms with Crippen LogP contribution in [0.25, 0.3) is 0 Å². The summed E-state index contributed by atoms with van der Waals surface area (Å²) in [4.78, 5) is 25.4. The van der Waals surface area contributed by atoms with Crippen molar-refractivity contribution in [3.05, 3.63) is 23.8 Å². The first kappa shape index (κ1) is 22.9. The smallest absolute Gasteiger partial charge is 0.357 e. The summed E-state index contributed by atoms with van der Waals surface area (Å²) in [5.41, 5.74) is 0.708. The lowest BCUT2D eigenvalue weighted by atomic mass is 9.99. The zero-order chi connectivity index (χ0) is 21.6. The molecule has 0 saturated carbocycles. The number of hydrogen-bond donors (Lipinski definition) is 3. The number of ether oxygens (including phenoxy) is 1. The summed E-state index contributed by atoms with van der Waals surface area (Å²) in [6, 6.07) is 4.25. The quantitative estimate of drug-likeness (QED) is 0.563. The number of anilines is 1. The van der Waals surface area contributed by atoms with E-state index < -0.39 is 22.3 Å². The molecule has 0 aromatic heterocycles. The number of imide groups is 1. The van der Waals surface area contributed by atoms with Crippen molar-refractivity contribution in [1.29, 1.82) is 0 Å². The van der Waals surface area contributed by atoms with Crippen LogP contribution in [0.4, 0.5) is 10.5 Å². The van der Waals surface area contributed by atoms with Crippen LogP contribution in [0.5, 0.6) is 5.75 Å². The van der Waals surface area contributed by atoms with Crippen molar-refractivity contribution in [1.82, 2.24) is 15.3 Å². The number of methoxy groups -OCH3 is 1. The maximum atomic E-state index is 13.0. The van der Waals surface area contributed by atoms with E-state index >= 15 is 0 Å². The van der Waals surface area contributed by atoms with Crippen LogP contribution in [-0.2, 0) is 21.5 Å². The van der Waals surface area contributed by atoms with Gasteiger partial charge in [-0.1, -0.05) is 19.4 Å². The Labute approximate surface area is 171 Å². The molecule has 1 saturated heterocycles. The topological polar surface area (TPSA) is 128 Å². The van der Waals surface area contributed by atoms with Crippen LogP contribution < -0.4 is 14.8 Å². The summed E-state index contributed by atoms with van der Waals surface area (Å²) in [6.45, 7) is 2.98. The number of rotatable bonds is 7. The second kappa shape index (κ2) is 9.90. The normalized spacial score (nSPS) is 16.0. The van der Waals surface area contributed by atoms with E-state index in [0.29, 0.717) is 18.7 Å². The molecule has 29 heavy (non-hydrogen) atoms. The molecular formula is C18H28N4O6S. The maximum Gasteiger partial charge on any atom is 0.357 e. The maximum absolute atomic E-state index is 13.0. The summed E-state index contributed by atoms with van der Waals surface area (Å²) in [7, 11) is -1.63. The molecule has 1 atom stereocenters. The van der Waals surface area contributed by atoms with E-state index in [1.165, 1.54) is 25.2 Å². The second-order valence-corrected chi connectivity index (χ2v) is 8.09. The monoisotopic (exact) mass is 428 g/mol. The number of piperidine rings is 1. The first-order chi connectivity index (χ1) is 13.7. The highest BCUT2D eigenvalue weighted by atomic mass is 32.2. The van der Waals surface area contributed by atoms with Gasteiger partial charge < -0.3 is 10.1 Å². The van der Waals surface area contributed by atoms with Gasteiger partial charge >= 0.3 is 16.3 Å². The second-order valence-electron chi connectivity index (χ2n) is 6.94. The molecule has 0 spiro atoms. The molecule has 3 amide bonds. The molecule has 11 heteroatoms. The van der Waals surface area contributed by atoms with Gasteiger partial charge in [0.2, 0.25) is 5.91 Å². The van der Waals surface area contributed by atoms with Crippen LogP contribution in [-0.4, -0.2) is 62.2 Å². The van der Waals surface area contributed by atoms with Crippen LogP contribution in [0.1, 0.15) is 31.7 Å². The van der Waals surface area contributed by atoms with Gasteiger partial charge in [0, 0.05) is 26.1 Å². The zero-order valence-corrected chi connectivity index (χ0v) is 17.7. The molecule has 0 bridgehead atoms. The van der Waals surface area contributed by atoms with Gasteiger partial charge in [0.1, 0.15) is 5.75 Å². The Kier molecular flexibility index (Phi) is 7.82. The number of carbonyl (C=O) groups is 2.